The SMILES string of the molecule is Cc1cc(C)c(C(=O)C(C(=O)OC(C)(C)C)c2ccccc2)c(C)c1.O=P. The van der Waals surface area contributed by atoms with E-state index in [0.717, 1.165) is 16.7 Å². The maximum absolute atomic E-state index is 13.3. The molecule has 144 valence electrons. The Morgan fingerprint density at radius 1 is 0.926 bits per heavy atom. The summed E-state index contributed by atoms with van der Waals surface area (Å²) in [7, 11) is 1.72. The monoisotopic (exact) mass is 386 g/mol. The lowest BCUT2D eigenvalue weighted by molar-refractivity contribution is -0.155. The number of esters is 1. The van der Waals surface area contributed by atoms with Gasteiger partial charge in [-0.1, -0.05) is 48.0 Å². The second-order valence-electron chi connectivity index (χ2n) is 7.52. The van der Waals surface area contributed by atoms with E-state index in [-0.39, 0.29) is 5.78 Å². The van der Waals surface area contributed by atoms with Crippen molar-refractivity contribution in [2.45, 2.75) is 53.1 Å². The van der Waals surface area contributed by atoms with Crippen LogP contribution in [0.3, 0.4) is 0 Å². The summed E-state index contributed by atoms with van der Waals surface area (Å²) in [5.41, 5.74) is 3.47. The molecule has 1 unspecified atom stereocenters. The molecule has 2 rings (SSSR count). The van der Waals surface area contributed by atoms with Crippen LogP contribution in [-0.4, -0.2) is 17.4 Å². The van der Waals surface area contributed by atoms with Crippen LogP contribution < -0.4 is 0 Å². The lowest BCUT2D eigenvalue weighted by atomic mass is 9.86. The molecule has 0 N–H and O–H groups in total. The standard InChI is InChI=1S/C22H26O3.HOP/c1-14-12-15(2)18(16(3)13-14)20(23)19(17-10-8-7-9-11-17)21(24)25-22(4,5)6;1-2/h7-13,19H,1-6H3;2H. The molecule has 0 fully saturated rings. The van der Waals surface area contributed by atoms with Crippen molar-refractivity contribution in [3.8, 4) is 0 Å². The molecule has 1 atom stereocenters. The number of ether oxygens (including phenoxy) is 1. The van der Waals surface area contributed by atoms with Crippen LogP contribution in [0.1, 0.15) is 59.3 Å². The van der Waals surface area contributed by atoms with Crippen LogP contribution in [0.25, 0.3) is 0 Å². The minimum Gasteiger partial charge on any atom is -0.459 e. The summed E-state index contributed by atoms with van der Waals surface area (Å²) in [6.07, 6.45) is 0. The first kappa shape index (κ1) is 22.7. The van der Waals surface area contributed by atoms with Crippen LogP contribution in [0.15, 0.2) is 42.5 Å². The van der Waals surface area contributed by atoms with E-state index in [1.54, 1.807) is 42.0 Å². The number of Topliss-reactive ketones (excluding diaryl/α,β-unsaturated/α-hetero) is 1. The highest BCUT2D eigenvalue weighted by Gasteiger charge is 2.34. The lowest BCUT2D eigenvalue weighted by Crippen LogP contribution is -2.32. The second kappa shape index (κ2) is 9.57. The zero-order valence-corrected chi connectivity index (χ0v) is 17.8. The molecule has 0 amide bonds. The first-order valence-corrected chi connectivity index (χ1v) is 9.11. The Bertz CT molecular complexity index is 784. The predicted molar refractivity (Wildman–Crippen MR) is 109 cm³/mol. The van der Waals surface area contributed by atoms with E-state index >= 15 is 0 Å². The van der Waals surface area contributed by atoms with Gasteiger partial charge >= 0.3 is 5.97 Å². The van der Waals surface area contributed by atoms with E-state index in [2.05, 4.69) is 0 Å². The summed E-state index contributed by atoms with van der Waals surface area (Å²) in [4.78, 5) is 26.1. The van der Waals surface area contributed by atoms with Gasteiger partial charge in [0.25, 0.3) is 0 Å². The van der Waals surface area contributed by atoms with Crippen molar-refractivity contribution in [2.24, 2.45) is 0 Å². The number of hydrogen-bond acceptors (Lipinski definition) is 4. The molecule has 0 saturated heterocycles. The molecule has 0 aliphatic carbocycles. The Morgan fingerprint density at radius 3 is 1.85 bits per heavy atom. The van der Waals surface area contributed by atoms with Gasteiger partial charge in [0.2, 0.25) is 0 Å². The number of benzene rings is 2. The summed E-state index contributed by atoms with van der Waals surface area (Å²) in [6.45, 7) is 11.2. The zero-order chi connectivity index (χ0) is 20.8. The average molecular weight is 386 g/mol. The Labute approximate surface area is 163 Å². The second-order valence-corrected chi connectivity index (χ2v) is 7.52. The first-order chi connectivity index (χ1) is 12.6. The Balaban J connectivity index is 0.00000176. The summed E-state index contributed by atoms with van der Waals surface area (Å²) in [5.74, 6) is -1.68. The fourth-order valence-electron chi connectivity index (χ4n) is 3.11. The topological polar surface area (TPSA) is 60.4 Å². The minimum absolute atomic E-state index is 0.213. The highest BCUT2D eigenvalue weighted by Crippen LogP contribution is 2.28. The van der Waals surface area contributed by atoms with Gasteiger partial charge in [0.15, 0.2) is 5.78 Å². The molecule has 0 saturated carbocycles. The Morgan fingerprint density at radius 2 is 1.41 bits per heavy atom. The van der Waals surface area contributed by atoms with Crippen LogP contribution in [0.5, 0.6) is 0 Å². The van der Waals surface area contributed by atoms with Gasteiger partial charge in [0.1, 0.15) is 20.6 Å². The maximum atomic E-state index is 13.3. The van der Waals surface area contributed by atoms with Gasteiger partial charge in [0.05, 0.1) is 0 Å². The summed E-state index contributed by atoms with van der Waals surface area (Å²) < 4.78 is 13.6. The molecule has 0 radical (unpaired) electrons. The van der Waals surface area contributed by atoms with Crippen molar-refractivity contribution in [3.05, 3.63) is 70.3 Å². The molecule has 0 heterocycles. The summed E-state index contributed by atoms with van der Waals surface area (Å²) in [6, 6.07) is 13.1. The van der Waals surface area contributed by atoms with Crippen molar-refractivity contribution in [2.75, 3.05) is 0 Å². The molecular formula is C22H27O4P. The van der Waals surface area contributed by atoms with Crippen LogP contribution in [-0.2, 0) is 14.1 Å². The van der Waals surface area contributed by atoms with Gasteiger partial charge in [-0.15, -0.1) is 0 Å². The Kier molecular flexibility index (Phi) is 8.05. The smallest absolute Gasteiger partial charge is 0.321 e. The van der Waals surface area contributed by atoms with E-state index in [4.69, 9.17) is 9.30 Å². The number of carbonyl (C=O) groups is 2. The molecule has 0 aromatic heterocycles. The molecule has 0 aliphatic rings. The van der Waals surface area contributed by atoms with Gasteiger partial charge in [-0.3, -0.25) is 14.2 Å². The minimum atomic E-state index is -0.958. The third-order valence-corrected chi connectivity index (χ3v) is 3.96. The average Bonchev–Trinajstić information content (AvgIpc) is 2.55. The van der Waals surface area contributed by atoms with Gasteiger partial charge in [-0.25, -0.2) is 0 Å². The number of rotatable bonds is 4. The van der Waals surface area contributed by atoms with E-state index in [1.165, 1.54) is 0 Å². The van der Waals surface area contributed by atoms with Crippen molar-refractivity contribution in [3.63, 3.8) is 0 Å². The highest BCUT2D eigenvalue weighted by molar-refractivity contribution is 7.00. The van der Waals surface area contributed by atoms with Gasteiger partial charge in [0, 0.05) is 5.56 Å². The molecule has 2 aromatic carbocycles. The number of aryl methyl sites for hydroxylation is 3. The summed E-state index contributed by atoms with van der Waals surface area (Å²) in [5, 5.41) is 0. The van der Waals surface area contributed by atoms with Crippen LogP contribution in [0.4, 0.5) is 0 Å². The third kappa shape index (κ3) is 6.11. The molecule has 2 aromatic rings. The Hall–Kier alpha value is -2.32. The van der Waals surface area contributed by atoms with Crippen LogP contribution in [0.2, 0.25) is 0 Å². The normalized spacial score (nSPS) is 11.8. The lowest BCUT2D eigenvalue weighted by Gasteiger charge is -2.24. The van der Waals surface area contributed by atoms with Gasteiger partial charge < -0.3 is 4.74 Å². The molecule has 0 bridgehead atoms. The van der Waals surface area contributed by atoms with Gasteiger partial charge in [-0.2, -0.15) is 0 Å². The van der Waals surface area contributed by atoms with E-state index in [9.17, 15) is 9.59 Å². The third-order valence-electron chi connectivity index (χ3n) is 3.96. The fraction of sp³-hybridized carbons (Fsp3) is 0.364. The molecule has 5 heteroatoms. The van der Waals surface area contributed by atoms with E-state index < -0.39 is 17.5 Å². The van der Waals surface area contributed by atoms with E-state index in [0.29, 0.717) is 11.1 Å². The number of hydrogen-bond donors (Lipinski definition) is 0. The highest BCUT2D eigenvalue weighted by atomic mass is 31.0. The molecular weight excluding hydrogens is 359 g/mol. The quantitative estimate of drug-likeness (QED) is 0.306. The number of carbonyl (C=O) groups excluding carboxylic acids is 2. The van der Waals surface area contributed by atoms with Gasteiger partial charge in [-0.05, 0) is 58.2 Å². The van der Waals surface area contributed by atoms with Crippen molar-refractivity contribution in [1.82, 2.24) is 0 Å². The molecule has 0 spiro atoms. The van der Waals surface area contributed by atoms with Crippen LogP contribution in [0, 0.1) is 20.8 Å². The van der Waals surface area contributed by atoms with Crippen molar-refractivity contribution < 1.29 is 18.9 Å². The predicted octanol–water partition coefficient (Wildman–Crippen LogP) is 5.39. The van der Waals surface area contributed by atoms with Crippen molar-refractivity contribution >= 4 is 20.9 Å². The fourth-order valence-corrected chi connectivity index (χ4v) is 3.11. The van der Waals surface area contributed by atoms with E-state index in [1.807, 2.05) is 51.1 Å². The zero-order valence-electron chi connectivity index (χ0n) is 16.8. The summed E-state index contributed by atoms with van der Waals surface area (Å²) >= 11 is 0. The molecule has 27 heavy (non-hydrogen) atoms. The largest absolute Gasteiger partial charge is 0.459 e. The van der Waals surface area contributed by atoms with Crippen LogP contribution >= 0.6 is 9.12 Å². The molecule has 4 nitrogen and oxygen atoms in total. The molecule has 0 aliphatic heterocycles. The maximum Gasteiger partial charge on any atom is 0.321 e. The van der Waals surface area contributed by atoms with Crippen molar-refractivity contribution in [1.29, 1.82) is 0 Å². The number of ketones is 1. The first-order valence-electron chi connectivity index (χ1n) is 8.70.